The summed E-state index contributed by atoms with van der Waals surface area (Å²) in [7, 11) is -3.86. The summed E-state index contributed by atoms with van der Waals surface area (Å²) in [6.07, 6.45) is -3.10. The molecule has 1 saturated heterocycles. The molecule has 1 fully saturated rings. The lowest BCUT2D eigenvalue weighted by Crippen LogP contribution is -2.38. The molecule has 0 N–H and O–H groups in total. The van der Waals surface area contributed by atoms with Crippen molar-refractivity contribution in [3.63, 3.8) is 0 Å². The summed E-state index contributed by atoms with van der Waals surface area (Å²) < 4.78 is 67.3. The van der Waals surface area contributed by atoms with E-state index in [0.29, 0.717) is 19.0 Å². The van der Waals surface area contributed by atoms with Crippen LogP contribution in [0.4, 0.5) is 13.2 Å². The minimum absolute atomic E-state index is 0.0626. The Balaban J connectivity index is 1.99. The Morgan fingerprint density at radius 1 is 1.17 bits per heavy atom. The van der Waals surface area contributed by atoms with E-state index in [1.807, 2.05) is 0 Å². The Kier molecular flexibility index (Phi) is 5.61. The van der Waals surface area contributed by atoms with Crippen molar-refractivity contribution in [3.05, 3.63) is 46.8 Å². The number of carbonyl (C=O) groups excluding carboxylic acids is 1. The summed E-state index contributed by atoms with van der Waals surface area (Å²) in [6, 6.07) is 3.98. The van der Waals surface area contributed by atoms with Gasteiger partial charge in [0.15, 0.2) is 0 Å². The Morgan fingerprint density at radius 2 is 1.79 bits per heavy atom. The number of rotatable bonds is 3. The van der Waals surface area contributed by atoms with Crippen LogP contribution in [0, 0.1) is 19.8 Å². The van der Waals surface area contributed by atoms with E-state index in [1.54, 1.807) is 0 Å². The third-order valence-corrected chi connectivity index (χ3v) is 7.35. The molecule has 1 aliphatic heterocycles. The third kappa shape index (κ3) is 4.09. The molecule has 0 bridgehead atoms. The first-order valence-corrected chi connectivity index (χ1v) is 10.6. The minimum Gasteiger partial charge on any atom is -0.267 e. The largest absolute Gasteiger partial charge is 0.416 e. The summed E-state index contributed by atoms with van der Waals surface area (Å²) in [4.78, 5) is 12.7. The molecule has 0 aliphatic carbocycles. The van der Waals surface area contributed by atoms with Crippen molar-refractivity contribution >= 4 is 15.9 Å². The second-order valence-electron chi connectivity index (χ2n) is 7.38. The fourth-order valence-corrected chi connectivity index (χ4v) is 5.33. The number of carbonyl (C=O) groups is 1. The number of nitrogens with zero attached hydrogens (tertiary/aromatic N) is 3. The molecule has 0 saturated carbocycles. The summed E-state index contributed by atoms with van der Waals surface area (Å²) >= 11 is 0. The highest BCUT2D eigenvalue weighted by molar-refractivity contribution is 7.89. The zero-order valence-corrected chi connectivity index (χ0v) is 17.1. The van der Waals surface area contributed by atoms with E-state index in [4.69, 9.17) is 0 Å². The molecule has 0 radical (unpaired) electrons. The van der Waals surface area contributed by atoms with Crippen molar-refractivity contribution in [2.24, 2.45) is 5.92 Å². The lowest BCUT2D eigenvalue weighted by Gasteiger charge is -2.29. The van der Waals surface area contributed by atoms with Crippen molar-refractivity contribution in [1.82, 2.24) is 14.1 Å². The number of halogens is 3. The maximum Gasteiger partial charge on any atom is 0.416 e. The van der Waals surface area contributed by atoms with Gasteiger partial charge in [0, 0.05) is 18.7 Å². The van der Waals surface area contributed by atoms with Gasteiger partial charge in [0.25, 0.3) is 5.91 Å². The van der Waals surface area contributed by atoms with Crippen LogP contribution in [0.5, 0.6) is 0 Å². The van der Waals surface area contributed by atoms with Gasteiger partial charge in [0.2, 0.25) is 10.0 Å². The van der Waals surface area contributed by atoms with E-state index in [-0.39, 0.29) is 21.8 Å². The molecule has 3 rings (SSSR count). The van der Waals surface area contributed by atoms with E-state index in [9.17, 15) is 26.4 Å². The minimum atomic E-state index is -4.59. The molecule has 0 amide bonds. The average molecular weight is 429 g/mol. The Morgan fingerprint density at radius 3 is 2.38 bits per heavy atom. The Hall–Kier alpha value is -2.20. The molecule has 0 atom stereocenters. The number of aryl methyl sites for hydroxylation is 1. The predicted molar refractivity (Wildman–Crippen MR) is 100 cm³/mol. The number of hydrogen-bond acceptors (Lipinski definition) is 4. The van der Waals surface area contributed by atoms with Gasteiger partial charge >= 0.3 is 6.18 Å². The summed E-state index contributed by atoms with van der Waals surface area (Å²) in [5.41, 5.74) is -0.952. The smallest absolute Gasteiger partial charge is 0.267 e. The molecule has 6 nitrogen and oxygen atoms in total. The van der Waals surface area contributed by atoms with E-state index in [2.05, 4.69) is 12.0 Å². The van der Waals surface area contributed by atoms with Gasteiger partial charge in [-0.2, -0.15) is 27.3 Å². The molecule has 0 unspecified atom stereocenters. The number of sulfonamides is 1. The van der Waals surface area contributed by atoms with Crippen LogP contribution in [0.25, 0.3) is 0 Å². The number of aromatic nitrogens is 2. The van der Waals surface area contributed by atoms with Gasteiger partial charge in [-0.05, 0) is 50.8 Å². The third-order valence-electron chi connectivity index (χ3n) is 5.19. The van der Waals surface area contributed by atoms with Gasteiger partial charge in [-0.25, -0.2) is 8.42 Å². The topological polar surface area (TPSA) is 72.3 Å². The zero-order valence-electron chi connectivity index (χ0n) is 16.3. The van der Waals surface area contributed by atoms with Crippen molar-refractivity contribution in [1.29, 1.82) is 0 Å². The SMILES string of the molecule is Cc1nn(C(=O)c2cccc(C(F)(F)F)c2)c(C)c1S(=O)(=O)N1CCC(C)CC1. The van der Waals surface area contributed by atoms with Crippen LogP contribution in [0.15, 0.2) is 29.2 Å². The number of benzene rings is 1. The number of hydrogen-bond donors (Lipinski definition) is 0. The second-order valence-corrected chi connectivity index (χ2v) is 9.26. The molecule has 158 valence electrons. The van der Waals surface area contributed by atoms with Gasteiger partial charge in [-0.1, -0.05) is 13.0 Å². The van der Waals surface area contributed by atoms with E-state index in [0.717, 1.165) is 35.7 Å². The maximum atomic E-state index is 13.1. The predicted octanol–water partition coefficient (Wildman–Crippen LogP) is 3.63. The maximum absolute atomic E-state index is 13.1. The van der Waals surface area contributed by atoms with Gasteiger partial charge in [-0.3, -0.25) is 4.79 Å². The van der Waals surface area contributed by atoms with Crippen LogP contribution in [0.1, 0.15) is 47.1 Å². The van der Waals surface area contributed by atoms with Crippen LogP contribution in [0.2, 0.25) is 0 Å². The highest BCUT2D eigenvalue weighted by atomic mass is 32.2. The molecular weight excluding hydrogens is 407 g/mol. The van der Waals surface area contributed by atoms with Crippen LogP contribution in [-0.4, -0.2) is 41.5 Å². The number of alkyl halides is 3. The summed E-state index contributed by atoms with van der Waals surface area (Å²) in [5.74, 6) is -0.376. The standard InChI is InChI=1S/C19H22F3N3O3S/c1-12-7-9-24(10-8-12)29(27,28)17-13(2)23-25(14(17)3)18(26)15-5-4-6-16(11-15)19(20,21)22/h4-6,11-12H,7-10H2,1-3H3. The van der Waals surface area contributed by atoms with Gasteiger partial charge in [0.1, 0.15) is 4.90 Å². The molecule has 29 heavy (non-hydrogen) atoms. The molecule has 1 aromatic heterocycles. The van der Waals surface area contributed by atoms with Gasteiger partial charge in [0.05, 0.1) is 17.0 Å². The zero-order chi connectivity index (χ0) is 21.6. The van der Waals surface area contributed by atoms with E-state index in [1.165, 1.54) is 24.2 Å². The molecular formula is C19H22F3N3O3S. The fraction of sp³-hybridized carbons (Fsp3) is 0.474. The van der Waals surface area contributed by atoms with Crippen molar-refractivity contribution in [2.75, 3.05) is 13.1 Å². The van der Waals surface area contributed by atoms with Crippen LogP contribution >= 0.6 is 0 Å². The second kappa shape index (κ2) is 7.56. The quantitative estimate of drug-likeness (QED) is 0.747. The molecule has 1 aliphatic rings. The normalized spacial score (nSPS) is 16.9. The summed E-state index contributed by atoms with van der Waals surface area (Å²) in [6.45, 7) is 5.74. The first-order valence-electron chi connectivity index (χ1n) is 9.21. The van der Waals surface area contributed by atoms with Crippen molar-refractivity contribution in [3.8, 4) is 0 Å². The van der Waals surface area contributed by atoms with E-state index >= 15 is 0 Å². The van der Waals surface area contributed by atoms with Gasteiger partial charge < -0.3 is 0 Å². The van der Waals surface area contributed by atoms with Crippen LogP contribution in [0.3, 0.4) is 0 Å². The van der Waals surface area contributed by atoms with Gasteiger partial charge in [-0.15, -0.1) is 0 Å². The highest BCUT2D eigenvalue weighted by Gasteiger charge is 2.35. The Bertz CT molecular complexity index is 1040. The van der Waals surface area contributed by atoms with Crippen LogP contribution < -0.4 is 0 Å². The monoisotopic (exact) mass is 429 g/mol. The molecule has 10 heteroatoms. The van der Waals surface area contributed by atoms with E-state index < -0.39 is 27.7 Å². The van der Waals surface area contributed by atoms with Crippen LogP contribution in [-0.2, 0) is 16.2 Å². The molecule has 1 aromatic carbocycles. The molecule has 2 aromatic rings. The lowest BCUT2D eigenvalue weighted by molar-refractivity contribution is -0.137. The number of piperidine rings is 1. The van der Waals surface area contributed by atoms with Crippen molar-refractivity contribution in [2.45, 2.75) is 44.7 Å². The lowest BCUT2D eigenvalue weighted by atomic mass is 10.0. The van der Waals surface area contributed by atoms with Crippen molar-refractivity contribution < 1.29 is 26.4 Å². The first-order chi connectivity index (χ1) is 13.4. The average Bonchev–Trinajstić information content (AvgIpc) is 2.95. The first kappa shape index (κ1) is 21.5. The molecule has 0 spiro atoms. The highest BCUT2D eigenvalue weighted by Crippen LogP contribution is 2.31. The fourth-order valence-electron chi connectivity index (χ4n) is 3.50. The Labute approximate surface area is 167 Å². The summed E-state index contributed by atoms with van der Waals surface area (Å²) in [5, 5.41) is 4.03. The molecule has 2 heterocycles.